The first-order chi connectivity index (χ1) is 43.5. The van der Waals surface area contributed by atoms with Gasteiger partial charge in [-0.25, -0.2) is 4.98 Å². The number of nitrogens with one attached hydrogen (secondary N) is 6. The monoisotopic (exact) mass is 1320 g/mol. The van der Waals surface area contributed by atoms with Crippen LogP contribution in [0.5, 0.6) is 0 Å². The summed E-state index contributed by atoms with van der Waals surface area (Å²) in [6, 6.07) is -7.83. The Morgan fingerprint density at radius 2 is 1.00 bits per heavy atom. The van der Waals surface area contributed by atoms with E-state index in [0.717, 1.165) is 9.80 Å². The topological polar surface area (TPSA) is 357 Å². The van der Waals surface area contributed by atoms with E-state index >= 15 is 19.2 Å². The van der Waals surface area contributed by atoms with E-state index in [9.17, 15) is 38.7 Å². The second-order valence-electron chi connectivity index (χ2n) is 28.3. The van der Waals surface area contributed by atoms with Crippen molar-refractivity contribution in [2.24, 2.45) is 47.2 Å². The molecule has 11 amide bonds. The van der Waals surface area contributed by atoms with Gasteiger partial charge in [-0.3, -0.25) is 58.1 Å². The van der Waals surface area contributed by atoms with Crippen molar-refractivity contribution in [2.45, 2.75) is 216 Å². The number of benzene rings is 1. The Bertz CT molecular complexity index is 3020. The predicted molar refractivity (Wildman–Crippen MR) is 360 cm³/mol. The molecule has 1 aromatic carbocycles. The zero-order chi connectivity index (χ0) is 72.0. The van der Waals surface area contributed by atoms with Gasteiger partial charge in [0.15, 0.2) is 0 Å². The molecule has 12 atom stereocenters. The summed E-state index contributed by atoms with van der Waals surface area (Å²) >= 11 is 0. The number of fused-ring (bicyclic) bond motifs is 1. The lowest BCUT2D eigenvalue weighted by atomic mass is 9.91. The Kier molecular flexibility index (Phi) is 30.1. The number of hydrogen-bond donors (Lipinski definition) is 8. The zero-order valence-electron chi connectivity index (χ0n) is 60.2. The van der Waals surface area contributed by atoms with E-state index in [0.29, 0.717) is 22.4 Å². The van der Waals surface area contributed by atoms with Crippen LogP contribution in [0.25, 0.3) is 11.0 Å². The number of H-pyrrole nitrogens is 1. The number of nitrogens with zero attached hydrogens (tertiary/aromatic N) is 8. The summed E-state index contributed by atoms with van der Waals surface area (Å²) in [5, 5.41) is 31.5. The number of carbonyl (C=O) groups excluding carboxylic acids is 11. The molecular formula is C67H113N15O12. The van der Waals surface area contributed by atoms with Crippen LogP contribution in [0.3, 0.4) is 0 Å². The third-order valence-electron chi connectivity index (χ3n) is 17.7. The van der Waals surface area contributed by atoms with Crippen LogP contribution in [0.2, 0.25) is 0 Å². The lowest BCUT2D eigenvalue weighted by Crippen LogP contribution is -2.63. The highest BCUT2D eigenvalue weighted by Gasteiger charge is 2.46. The highest BCUT2D eigenvalue weighted by molar-refractivity contribution is 6.00. The van der Waals surface area contributed by atoms with Gasteiger partial charge in [0, 0.05) is 61.3 Å². The van der Waals surface area contributed by atoms with Gasteiger partial charge in [-0.15, -0.1) is 0 Å². The minimum absolute atomic E-state index is 0.0265. The lowest BCUT2D eigenvalue weighted by molar-refractivity contribution is -0.157. The number of aromatic amines is 1. The van der Waals surface area contributed by atoms with Crippen LogP contribution in [-0.2, 0) is 59.2 Å². The average Bonchev–Trinajstić information content (AvgIpc) is 0.992. The van der Waals surface area contributed by atoms with Gasteiger partial charge < -0.3 is 71.4 Å². The molecule has 9 N–H and O–H groups in total. The molecule has 1 aliphatic heterocycles. The number of rotatable bonds is 16. The quantitative estimate of drug-likeness (QED) is 0.0886. The summed E-state index contributed by atoms with van der Waals surface area (Å²) in [4.78, 5) is 178. The number of amidine groups is 1. The first kappa shape index (κ1) is 80.5. The third kappa shape index (κ3) is 20.9. The molecule has 94 heavy (non-hydrogen) atoms. The van der Waals surface area contributed by atoms with Crippen LogP contribution >= 0.6 is 0 Å². The number of aliphatic hydroxyl groups is 1. The van der Waals surface area contributed by atoms with E-state index in [-0.39, 0.29) is 68.0 Å². The van der Waals surface area contributed by atoms with E-state index in [2.05, 4.69) is 31.2 Å². The van der Waals surface area contributed by atoms with Crippen LogP contribution in [-0.4, -0.2) is 243 Å². The molecule has 1 aromatic heterocycles. The van der Waals surface area contributed by atoms with Crippen molar-refractivity contribution in [3.63, 3.8) is 0 Å². The van der Waals surface area contributed by atoms with Gasteiger partial charge in [-0.05, 0) is 106 Å². The Morgan fingerprint density at radius 3 is 1.49 bits per heavy atom. The van der Waals surface area contributed by atoms with Crippen molar-refractivity contribution in [1.82, 2.24) is 65.5 Å². The van der Waals surface area contributed by atoms with Crippen molar-refractivity contribution >= 4 is 81.8 Å². The molecule has 0 bridgehead atoms. The Labute approximate surface area is 557 Å². The molecular weight excluding hydrogens is 1210 g/mol. The van der Waals surface area contributed by atoms with Crippen LogP contribution in [0, 0.1) is 46.8 Å². The van der Waals surface area contributed by atoms with Crippen LogP contribution in [0.4, 0.5) is 0 Å². The van der Waals surface area contributed by atoms with E-state index in [1.165, 1.54) is 87.7 Å². The number of nitrogen functional groups attached to an aromatic ring is 1. The van der Waals surface area contributed by atoms with Crippen LogP contribution in [0.15, 0.2) is 18.2 Å². The molecule has 3 rings (SSSR count). The Balaban J connectivity index is 2.33. The van der Waals surface area contributed by atoms with Crippen LogP contribution < -0.4 is 27.0 Å². The highest BCUT2D eigenvalue weighted by atomic mass is 16.3. The largest absolute Gasteiger partial charge is 0.390 e. The molecule has 528 valence electrons. The minimum atomic E-state index is -1.75. The maximum Gasteiger partial charge on any atom is 0.246 e. The minimum Gasteiger partial charge on any atom is -0.390 e. The summed E-state index contributed by atoms with van der Waals surface area (Å²) in [7, 11) is 9.80. The first-order valence-corrected chi connectivity index (χ1v) is 33.1. The fourth-order valence-corrected chi connectivity index (χ4v) is 11.9. The van der Waals surface area contributed by atoms with Gasteiger partial charge in [-0.1, -0.05) is 96.9 Å². The summed E-state index contributed by atoms with van der Waals surface area (Å²) in [5.41, 5.74) is 7.30. The van der Waals surface area contributed by atoms with Gasteiger partial charge in [0.05, 0.1) is 23.7 Å². The van der Waals surface area contributed by atoms with Crippen molar-refractivity contribution in [1.29, 1.82) is 5.41 Å². The number of imidazole rings is 1. The summed E-state index contributed by atoms with van der Waals surface area (Å²) < 4.78 is 0. The molecule has 1 aliphatic rings. The van der Waals surface area contributed by atoms with Crippen LogP contribution in [0.1, 0.15) is 154 Å². The fraction of sp³-hybridized carbons (Fsp3) is 0.716. The molecule has 0 radical (unpaired) electrons. The number of amides is 11. The number of aromatic nitrogens is 2. The van der Waals surface area contributed by atoms with Gasteiger partial charge in [-0.2, -0.15) is 0 Å². The number of aliphatic hydroxyl groups excluding tert-OH is 1. The molecule has 1 fully saturated rings. The predicted octanol–water partition coefficient (Wildman–Crippen LogP) is 2.71. The van der Waals surface area contributed by atoms with Gasteiger partial charge in [0.1, 0.15) is 72.1 Å². The SMILES string of the molecule is CCC1NC(=O)C(C(O)C(C)Cc2nc3ccc(C(=N)N)cc3[nH]2)N(C)C(=O)C(C(C)C)N(C)C(=O)C(CC(C)C)N(C)C(=O)C(CC(C)C)N(C)C(=O)C(C)NC(=O)C(C)NC(=O)C(CC(C)C)N(C)C(=O)C(C(C)C)NC(=O)C(CC(C)C)N(C)C(=O)CN(C)C1=O. The maximum absolute atomic E-state index is 15.4. The van der Waals surface area contributed by atoms with Gasteiger partial charge in [0.2, 0.25) is 65.0 Å². The average molecular weight is 1320 g/mol. The highest BCUT2D eigenvalue weighted by Crippen LogP contribution is 2.27. The maximum atomic E-state index is 15.4. The number of nitrogens with two attached hydrogens (primary N) is 1. The van der Waals surface area contributed by atoms with Crippen molar-refractivity contribution < 1.29 is 57.8 Å². The molecule has 27 heteroatoms. The molecule has 0 spiro atoms. The first-order valence-electron chi connectivity index (χ1n) is 33.1. The standard InChI is InChI=1S/C67H113N15O12/c1-24-44-63(90)76(17)33-52(83)77(18)47(27-34(2)3)60(87)75-53(38(10)11)66(93)78(19)48(28-35(4)5)59(86)70-41(15)58(85)71-42(16)62(89)79(20)49(29-36(6)7)64(91)80(21)50(30-37(8)9)65(92)81(22)54(39(12)13)67(94)82(23)55(61(88)74-44)56(84)40(14)31-51-72-45-26-25-43(57(68)69)32-46(45)73-51/h25-26,32,34-42,44,47-50,53-56,84H,24,27-31,33H2,1-23H3,(H3,68,69)(H,70,86)(H,71,85)(H,72,73)(H,74,88)(H,75,87). The summed E-state index contributed by atoms with van der Waals surface area (Å²) in [6.45, 7) is 27.3. The van der Waals surface area contributed by atoms with E-state index in [1.54, 1.807) is 59.7 Å². The molecule has 12 unspecified atom stereocenters. The molecule has 0 saturated carbocycles. The second kappa shape index (κ2) is 35.2. The zero-order valence-corrected chi connectivity index (χ0v) is 60.2. The van der Waals surface area contributed by atoms with Crippen molar-refractivity contribution in [3.05, 3.63) is 29.6 Å². The molecule has 0 aliphatic carbocycles. The van der Waals surface area contributed by atoms with E-state index in [1.807, 2.05) is 55.4 Å². The molecule has 2 aromatic rings. The molecule has 2 heterocycles. The van der Waals surface area contributed by atoms with Gasteiger partial charge >= 0.3 is 0 Å². The molecule has 27 nitrogen and oxygen atoms in total. The fourth-order valence-electron chi connectivity index (χ4n) is 11.9. The van der Waals surface area contributed by atoms with E-state index < -0.39 is 156 Å². The van der Waals surface area contributed by atoms with Gasteiger partial charge in [0.25, 0.3) is 0 Å². The number of carbonyl (C=O) groups is 11. The summed E-state index contributed by atoms with van der Waals surface area (Å²) in [6.07, 6.45) is -1.16. The lowest BCUT2D eigenvalue weighted by Gasteiger charge is -2.41. The third-order valence-corrected chi connectivity index (χ3v) is 17.7. The van der Waals surface area contributed by atoms with Crippen molar-refractivity contribution in [3.8, 4) is 0 Å². The molecule has 1 saturated heterocycles. The summed E-state index contributed by atoms with van der Waals surface area (Å²) in [5.74, 6) is -10.3. The number of hydrogen-bond acceptors (Lipinski definition) is 14. The number of likely N-dealkylation sites (N-methyl/N-ethyl adjacent to an activating group) is 7. The van der Waals surface area contributed by atoms with E-state index in [4.69, 9.17) is 11.1 Å². The normalized spacial score (nSPS) is 25.4. The van der Waals surface area contributed by atoms with Crippen molar-refractivity contribution in [2.75, 3.05) is 55.9 Å². The second-order valence-corrected chi connectivity index (χ2v) is 28.3. The Hall–Kier alpha value is -7.71. The Morgan fingerprint density at radius 1 is 0.543 bits per heavy atom. The smallest absolute Gasteiger partial charge is 0.246 e.